The quantitative estimate of drug-likeness (QED) is 0.180. The Morgan fingerprint density at radius 3 is 2.43 bits per heavy atom. The number of allylic oxidation sites excluding steroid dienone is 1. The van der Waals surface area contributed by atoms with E-state index in [4.69, 9.17) is 23.9 Å². The minimum Gasteiger partial charge on any atom is -0.490 e. The number of nitrogens with zero attached hydrogens (tertiary/aromatic N) is 3. The summed E-state index contributed by atoms with van der Waals surface area (Å²) in [5.41, 5.74) is 5.23. The van der Waals surface area contributed by atoms with Crippen LogP contribution in [0, 0.1) is 6.92 Å². The van der Waals surface area contributed by atoms with Gasteiger partial charge in [-0.2, -0.15) is 0 Å². The molecule has 11 heteroatoms. The molecule has 0 spiro atoms. The molecule has 3 heterocycles. The third-order valence-corrected chi connectivity index (χ3v) is 9.40. The Morgan fingerprint density at radius 2 is 1.69 bits per heavy atom. The zero-order valence-corrected chi connectivity index (χ0v) is 28.8. The molecule has 49 heavy (non-hydrogen) atoms. The van der Waals surface area contributed by atoms with Crippen LogP contribution in [0.2, 0.25) is 0 Å². The molecule has 3 aromatic carbocycles. The number of hydrogen-bond acceptors (Lipinski definition) is 9. The smallest absolute Gasteiger partial charge is 0.343 e. The van der Waals surface area contributed by atoms with Crippen molar-refractivity contribution in [3.63, 3.8) is 0 Å². The molecule has 252 valence electrons. The molecule has 2 aromatic heterocycles. The first kappa shape index (κ1) is 33.5. The van der Waals surface area contributed by atoms with Gasteiger partial charge in [-0.15, -0.1) is 0 Å². The first-order valence-electron chi connectivity index (χ1n) is 16.0. The standard InChI is InChI=1S/C38H37N3O7S/c1-6-46-31-19-26(17-18-30(31)48-22-33(42)45-5)35-34(37(44)47-7-2)23(3)39-38-41(35)36(43)32(49-38)20-28-24(4)40(21-25-13-9-8-10-14-25)29-16-12-11-15-27(28)29/h8-20,35H,6-7,21-22H2,1-5H3/b32-20-/t35-/m1/s1. The summed E-state index contributed by atoms with van der Waals surface area (Å²) >= 11 is 1.27. The van der Waals surface area contributed by atoms with E-state index in [0.717, 1.165) is 22.2 Å². The molecule has 6 rings (SSSR count). The maximum Gasteiger partial charge on any atom is 0.343 e. The molecule has 1 aliphatic rings. The highest BCUT2D eigenvalue weighted by molar-refractivity contribution is 7.07. The van der Waals surface area contributed by atoms with Crippen LogP contribution in [0.5, 0.6) is 11.5 Å². The van der Waals surface area contributed by atoms with E-state index in [9.17, 15) is 14.4 Å². The maximum atomic E-state index is 14.5. The molecule has 0 unspecified atom stereocenters. The minimum absolute atomic E-state index is 0.156. The molecule has 1 atom stereocenters. The summed E-state index contributed by atoms with van der Waals surface area (Å²) in [4.78, 5) is 44.9. The van der Waals surface area contributed by atoms with E-state index in [1.54, 1.807) is 36.6 Å². The second-order valence-electron chi connectivity index (χ2n) is 11.4. The largest absolute Gasteiger partial charge is 0.490 e. The van der Waals surface area contributed by atoms with Crippen LogP contribution in [0.25, 0.3) is 17.0 Å². The summed E-state index contributed by atoms with van der Waals surface area (Å²) in [5, 5.41) is 1.03. The van der Waals surface area contributed by atoms with Crippen LogP contribution in [-0.4, -0.2) is 48.0 Å². The first-order chi connectivity index (χ1) is 23.7. The van der Waals surface area contributed by atoms with E-state index in [-0.39, 0.29) is 24.3 Å². The van der Waals surface area contributed by atoms with Crippen molar-refractivity contribution in [3.05, 3.63) is 126 Å². The Kier molecular flexibility index (Phi) is 9.82. The minimum atomic E-state index is -0.855. The van der Waals surface area contributed by atoms with Crippen molar-refractivity contribution in [2.24, 2.45) is 4.99 Å². The molecule has 0 N–H and O–H groups in total. The highest BCUT2D eigenvalue weighted by Gasteiger charge is 2.34. The van der Waals surface area contributed by atoms with Gasteiger partial charge in [-0.3, -0.25) is 9.36 Å². The number of methoxy groups -OCH3 is 1. The average molecular weight is 680 g/mol. The third kappa shape index (κ3) is 6.54. The molecule has 0 saturated heterocycles. The van der Waals surface area contributed by atoms with Crippen molar-refractivity contribution in [1.82, 2.24) is 9.13 Å². The molecule has 0 amide bonds. The van der Waals surface area contributed by atoms with Gasteiger partial charge in [-0.1, -0.05) is 65.9 Å². The Labute approximate surface area is 287 Å². The lowest BCUT2D eigenvalue weighted by atomic mass is 9.95. The number of rotatable bonds is 11. The summed E-state index contributed by atoms with van der Waals surface area (Å²) in [6, 6.07) is 22.7. The topological polar surface area (TPSA) is 110 Å². The van der Waals surface area contributed by atoms with E-state index in [0.29, 0.717) is 45.2 Å². The van der Waals surface area contributed by atoms with Crippen LogP contribution in [0.3, 0.4) is 0 Å². The number of para-hydroxylation sites is 1. The van der Waals surface area contributed by atoms with Crippen LogP contribution >= 0.6 is 11.3 Å². The highest BCUT2D eigenvalue weighted by atomic mass is 32.1. The van der Waals surface area contributed by atoms with Crippen molar-refractivity contribution < 1.29 is 28.5 Å². The summed E-state index contributed by atoms with van der Waals surface area (Å²) in [6.45, 7) is 8.22. The SMILES string of the molecule is CCOC(=O)C1=C(C)N=c2s/c(=C\c3c(C)n(Cc4ccccc4)c4ccccc34)c(=O)n2[C@@H]1c1ccc(OCC(=O)OC)c(OCC)c1. The molecule has 0 saturated carbocycles. The third-order valence-electron chi connectivity index (χ3n) is 8.41. The molecule has 1 aliphatic heterocycles. The van der Waals surface area contributed by atoms with Gasteiger partial charge in [0, 0.05) is 28.7 Å². The first-order valence-corrected chi connectivity index (χ1v) is 16.8. The fourth-order valence-electron chi connectivity index (χ4n) is 6.13. The molecular formula is C38H37N3O7S. The van der Waals surface area contributed by atoms with Crippen LogP contribution in [0.15, 0.2) is 93.9 Å². The summed E-state index contributed by atoms with van der Waals surface area (Å²) in [5.74, 6) is -0.429. The van der Waals surface area contributed by atoms with Crippen LogP contribution < -0.4 is 24.4 Å². The lowest BCUT2D eigenvalue weighted by molar-refractivity contribution is -0.143. The summed E-state index contributed by atoms with van der Waals surface area (Å²) in [7, 11) is 1.28. The molecule has 0 fully saturated rings. The second-order valence-corrected chi connectivity index (χ2v) is 12.4. The number of hydrogen-bond donors (Lipinski definition) is 0. The number of carbonyl (C=O) groups is 2. The Morgan fingerprint density at radius 1 is 0.939 bits per heavy atom. The molecule has 0 aliphatic carbocycles. The van der Waals surface area contributed by atoms with Gasteiger partial charge < -0.3 is 23.5 Å². The van der Waals surface area contributed by atoms with Gasteiger partial charge in [0.1, 0.15) is 0 Å². The monoisotopic (exact) mass is 679 g/mol. The van der Waals surface area contributed by atoms with E-state index in [1.165, 1.54) is 24.0 Å². The Bertz CT molecular complexity index is 2260. The normalized spacial score (nSPS) is 14.4. The van der Waals surface area contributed by atoms with Gasteiger partial charge in [-0.05, 0) is 63.1 Å². The fourth-order valence-corrected chi connectivity index (χ4v) is 7.15. The number of fused-ring (bicyclic) bond motifs is 2. The zero-order chi connectivity index (χ0) is 34.7. The van der Waals surface area contributed by atoms with Gasteiger partial charge >= 0.3 is 11.9 Å². The van der Waals surface area contributed by atoms with Crippen LogP contribution in [-0.2, 0) is 25.6 Å². The van der Waals surface area contributed by atoms with Gasteiger partial charge in [0.25, 0.3) is 5.56 Å². The number of esters is 2. The van der Waals surface area contributed by atoms with Crippen molar-refractivity contribution >= 4 is 40.3 Å². The number of benzene rings is 3. The molecule has 0 bridgehead atoms. The van der Waals surface area contributed by atoms with E-state index < -0.39 is 18.0 Å². The van der Waals surface area contributed by atoms with Gasteiger partial charge in [0.2, 0.25) is 0 Å². The number of ether oxygens (including phenoxy) is 4. The maximum absolute atomic E-state index is 14.5. The van der Waals surface area contributed by atoms with Crippen LogP contribution in [0.4, 0.5) is 0 Å². The number of carbonyl (C=O) groups excluding carboxylic acids is 2. The summed E-state index contributed by atoms with van der Waals surface area (Å²) < 4.78 is 26.0. The number of aromatic nitrogens is 2. The lowest BCUT2D eigenvalue weighted by Gasteiger charge is -2.25. The van der Waals surface area contributed by atoms with E-state index in [1.807, 2.05) is 43.3 Å². The lowest BCUT2D eigenvalue weighted by Crippen LogP contribution is -2.40. The van der Waals surface area contributed by atoms with Gasteiger partial charge in [0.15, 0.2) is 22.9 Å². The Hall–Kier alpha value is -5.42. The predicted octanol–water partition coefficient (Wildman–Crippen LogP) is 5.06. The predicted molar refractivity (Wildman–Crippen MR) is 188 cm³/mol. The zero-order valence-electron chi connectivity index (χ0n) is 28.0. The Balaban J connectivity index is 1.52. The second kappa shape index (κ2) is 14.4. The highest BCUT2D eigenvalue weighted by Crippen LogP contribution is 2.36. The van der Waals surface area contributed by atoms with Gasteiger partial charge in [0.05, 0.1) is 42.2 Å². The van der Waals surface area contributed by atoms with Gasteiger partial charge in [-0.25, -0.2) is 14.6 Å². The van der Waals surface area contributed by atoms with Crippen molar-refractivity contribution in [2.75, 3.05) is 26.9 Å². The molecule has 5 aromatic rings. The molecular weight excluding hydrogens is 642 g/mol. The summed E-state index contributed by atoms with van der Waals surface area (Å²) in [6.07, 6.45) is 1.93. The van der Waals surface area contributed by atoms with Crippen molar-refractivity contribution in [1.29, 1.82) is 0 Å². The number of thiazole rings is 1. The van der Waals surface area contributed by atoms with Crippen molar-refractivity contribution in [2.45, 2.75) is 40.3 Å². The molecule has 0 radical (unpaired) electrons. The fraction of sp³-hybridized carbons (Fsp3) is 0.263. The van der Waals surface area contributed by atoms with E-state index >= 15 is 0 Å². The van der Waals surface area contributed by atoms with Crippen LogP contribution in [0.1, 0.15) is 49.2 Å². The van der Waals surface area contributed by atoms with E-state index in [2.05, 4.69) is 35.8 Å². The molecule has 10 nitrogen and oxygen atoms in total. The average Bonchev–Trinajstić information content (AvgIpc) is 3.55. The van der Waals surface area contributed by atoms with Crippen molar-refractivity contribution in [3.8, 4) is 11.5 Å².